The number of nitrogens with two attached hydrogens (primary N) is 1. The smallest absolute Gasteiger partial charge is 0.338 e. The molecule has 1 saturated heterocycles. The van der Waals surface area contributed by atoms with Gasteiger partial charge in [0.2, 0.25) is 0 Å². The lowest BCUT2D eigenvalue weighted by Crippen LogP contribution is -2.39. The Morgan fingerprint density at radius 2 is 0.759 bits per heavy atom. The number of esters is 5. The molecular weight excluding hydrogens is 1540 g/mol. The van der Waals surface area contributed by atoms with Crippen LogP contribution >= 0.6 is 47.0 Å². The molecule has 1 amide bonds. The average Bonchev–Trinajstić information content (AvgIpc) is 1.64. The van der Waals surface area contributed by atoms with Crippen molar-refractivity contribution in [3.8, 4) is 0 Å². The number of nitrogens with zero attached hydrogens (tertiary/aromatic N) is 1. The summed E-state index contributed by atoms with van der Waals surface area (Å²) >= 11 is 6.64. The zero-order chi connectivity index (χ0) is 82.6. The number of piperidine rings is 1. The van der Waals surface area contributed by atoms with Gasteiger partial charge in [0.15, 0.2) is 0 Å². The molecule has 0 aliphatic carbocycles. The molecule has 9 N–H and O–H groups in total. The highest BCUT2D eigenvalue weighted by Crippen LogP contribution is 2.35. The van der Waals surface area contributed by atoms with Crippen molar-refractivity contribution in [1.82, 2.24) is 34.8 Å². The number of likely N-dealkylation sites (tertiary alicyclic amines) is 1. The number of H-pyrrole nitrogens is 6. The highest BCUT2D eigenvalue weighted by molar-refractivity contribution is 7.99. The van der Waals surface area contributed by atoms with Crippen LogP contribution in [-0.4, -0.2) is 172 Å². The van der Waals surface area contributed by atoms with Crippen molar-refractivity contribution in [2.45, 2.75) is 87.3 Å². The number of hydrogen-bond acceptors (Lipinski definition) is 17. The van der Waals surface area contributed by atoms with E-state index < -0.39 is 5.97 Å². The second-order valence-corrected chi connectivity index (χ2v) is 30.2. The normalized spacial score (nSPS) is 11.4. The first-order valence-corrected chi connectivity index (χ1v) is 41.3. The molecule has 0 unspecified atom stereocenters. The van der Waals surface area contributed by atoms with E-state index in [4.69, 9.17) is 29.8 Å². The first kappa shape index (κ1) is 91.8. The van der Waals surface area contributed by atoms with Crippen LogP contribution in [-0.2, 0) is 30.1 Å². The summed E-state index contributed by atoms with van der Waals surface area (Å²) in [5, 5.41) is 15.3. The molecule has 6 radical (unpaired) electrons. The largest absolute Gasteiger partial charge is 0.478 e. The Bertz CT molecular complexity index is 5570. The van der Waals surface area contributed by atoms with Crippen LogP contribution in [0.1, 0.15) is 130 Å². The van der Waals surface area contributed by atoms with Gasteiger partial charge in [0.1, 0.15) is 0 Å². The van der Waals surface area contributed by atoms with Gasteiger partial charge in [-0.1, -0.05) is 30.3 Å². The molecule has 0 saturated carbocycles. The number of nitrogen functional groups attached to an aromatic ring is 1. The Labute approximate surface area is 696 Å². The molecule has 1 fully saturated rings. The number of anilines is 1. The molecule has 15 rings (SSSR count). The monoisotopic (exact) mass is 1630 g/mol. The minimum Gasteiger partial charge on any atom is -0.478 e. The number of methoxy groups -OCH3 is 5. The van der Waals surface area contributed by atoms with Crippen LogP contribution in [0.5, 0.6) is 0 Å². The number of carbonyl (C=O) groups excluding carboxylic acids is 6. The maximum absolute atomic E-state index is 13.0. The summed E-state index contributed by atoms with van der Waals surface area (Å²) in [6, 6.07) is 42.2. The number of carboxylic acids is 1. The number of aromatic carboxylic acids is 1. The molecule has 7 heterocycles. The van der Waals surface area contributed by atoms with E-state index in [2.05, 4.69) is 65.0 Å². The number of aromatic amines is 6. The molecule has 600 valence electrons. The van der Waals surface area contributed by atoms with E-state index >= 15 is 0 Å². The number of nitrogens with one attached hydrogen (secondary N) is 6. The predicted octanol–water partition coefficient (Wildman–Crippen LogP) is 19.3. The fourth-order valence-electron chi connectivity index (χ4n) is 13.7. The number of amides is 1. The molecule has 21 nitrogen and oxygen atoms in total. The van der Waals surface area contributed by atoms with Crippen LogP contribution in [0.25, 0.3) is 65.4 Å². The number of ether oxygens (including phenoxy) is 5. The fraction of sp³-hybridized carbons (Fsp3) is 0.247. The number of rotatable bonds is 13. The summed E-state index contributed by atoms with van der Waals surface area (Å²) in [7, 11) is 6.96. The van der Waals surface area contributed by atoms with Crippen LogP contribution in [0.3, 0.4) is 0 Å². The number of hydrogen-bond donors (Lipinski definition) is 8. The van der Waals surface area contributed by atoms with Crippen molar-refractivity contribution in [3.63, 3.8) is 0 Å². The van der Waals surface area contributed by atoms with Crippen molar-refractivity contribution in [2.24, 2.45) is 5.92 Å². The summed E-state index contributed by atoms with van der Waals surface area (Å²) in [6.07, 6.45) is 22.9. The molecule has 27 heteroatoms. The topological polar surface area (TPSA) is 310 Å². The summed E-state index contributed by atoms with van der Waals surface area (Å²) < 4.78 is 23.6. The van der Waals surface area contributed by atoms with Crippen molar-refractivity contribution in [3.05, 3.63) is 254 Å². The molecular formula is C89H96B2N8O13S4. The Hall–Kier alpha value is -11.4. The molecule has 14 aromatic rings. The molecule has 0 spiro atoms. The summed E-state index contributed by atoms with van der Waals surface area (Å²) in [5.41, 5.74) is 24.6. The fourth-order valence-corrected chi connectivity index (χ4v) is 16.2. The molecule has 0 bridgehead atoms. The van der Waals surface area contributed by atoms with Gasteiger partial charge in [-0.2, -0.15) is 0 Å². The van der Waals surface area contributed by atoms with Gasteiger partial charge in [-0.25, -0.2) is 28.8 Å². The van der Waals surface area contributed by atoms with Gasteiger partial charge in [0.05, 0.1) is 68.9 Å². The number of fused-ring (bicyclic) bond motifs is 6. The highest BCUT2D eigenvalue weighted by Gasteiger charge is 2.26. The third-order valence-electron chi connectivity index (χ3n) is 20.0. The van der Waals surface area contributed by atoms with E-state index in [9.17, 15) is 33.6 Å². The van der Waals surface area contributed by atoms with Crippen molar-refractivity contribution < 1.29 is 62.4 Å². The maximum Gasteiger partial charge on any atom is 0.338 e. The van der Waals surface area contributed by atoms with Gasteiger partial charge in [-0.15, -0.1) is 47.0 Å². The number of carbonyl (C=O) groups is 7. The minimum atomic E-state index is -0.874. The van der Waals surface area contributed by atoms with Crippen molar-refractivity contribution in [2.75, 3.05) is 79.4 Å². The van der Waals surface area contributed by atoms with Gasteiger partial charge in [0.25, 0.3) is 5.91 Å². The standard InChI is InChI=1S/C22H24N2O.4C12H13NO2S.C10H9NO2.C9H11NO2.2B/c1-16-19-9-12-23-21(19)8-7-20(16)22(25)24-13-10-18(11-14-24)15-17-5-3-2-4-6-17;2*1-7-4-10-9(11(16-3)6-13-10)5-8(7)12(14)15-2;2*1-7-8(12(14)15-2)4-5-9-11(7)10(16-3)6-13-9;1-6-7-4-5-11-9(7)3-2-8(6)10(12)13;1-6-5-7(10)3-4-8(6)9(11)12-2;;/h2-9,12,18,23H,10-11,13-15H2,1H3;4*4-6,13H,1-3H3;2-5,11H,1H3,(H,12,13);3-5H,10H2,1-2H3;;. The van der Waals surface area contributed by atoms with E-state index in [0.29, 0.717) is 45.0 Å². The number of benzene rings is 8. The van der Waals surface area contributed by atoms with Gasteiger partial charge in [0, 0.05) is 163 Å². The average molecular weight is 1640 g/mol. The van der Waals surface area contributed by atoms with Crippen LogP contribution in [0.2, 0.25) is 0 Å². The van der Waals surface area contributed by atoms with Gasteiger partial charge < -0.3 is 69.3 Å². The van der Waals surface area contributed by atoms with Gasteiger partial charge in [-0.3, -0.25) is 4.79 Å². The van der Waals surface area contributed by atoms with Crippen molar-refractivity contribution >= 4 is 177 Å². The second kappa shape index (κ2) is 42.8. The van der Waals surface area contributed by atoms with Crippen LogP contribution < -0.4 is 5.73 Å². The van der Waals surface area contributed by atoms with E-state index in [0.717, 1.165) is 162 Å². The molecule has 0 atom stereocenters. The maximum atomic E-state index is 13.0. The first-order chi connectivity index (χ1) is 54.8. The van der Waals surface area contributed by atoms with Crippen molar-refractivity contribution in [1.29, 1.82) is 0 Å². The zero-order valence-corrected chi connectivity index (χ0v) is 71.2. The van der Waals surface area contributed by atoms with E-state index in [-0.39, 0.29) is 52.6 Å². The summed E-state index contributed by atoms with van der Waals surface area (Å²) in [5.74, 6) is -1.48. The Kier molecular flexibility index (Phi) is 33.9. The van der Waals surface area contributed by atoms with Crippen LogP contribution in [0.15, 0.2) is 190 Å². The van der Waals surface area contributed by atoms with E-state index in [1.807, 2.05) is 176 Å². The van der Waals surface area contributed by atoms with Crippen LogP contribution in [0, 0.1) is 54.4 Å². The van der Waals surface area contributed by atoms with Gasteiger partial charge in [-0.05, 0) is 246 Å². The molecule has 8 aromatic carbocycles. The lowest BCUT2D eigenvalue weighted by Gasteiger charge is -2.32. The van der Waals surface area contributed by atoms with E-state index in [1.54, 1.807) is 89.5 Å². The minimum absolute atomic E-state index is 0. The Morgan fingerprint density at radius 3 is 1.17 bits per heavy atom. The SMILES string of the molecule is COC(=O)c1cc2c(SC)c[nH]c2cc1C.COC(=O)c1cc2c(SC)c[nH]c2cc1C.COC(=O)c1ccc(N)cc1C.COC(=O)c1ccc2[nH]cc(SC)c2c1C.COC(=O)c1ccc2[nH]cc(SC)c2c1C.Cc1c(C(=O)N2CCC(Cc3ccccc3)CC2)ccc2[nH]ccc12.Cc1c(C(=O)O)ccc2[nH]ccc12.[B].[B]. The van der Waals surface area contributed by atoms with Crippen LogP contribution in [0.4, 0.5) is 5.69 Å². The molecule has 6 aromatic heterocycles. The Morgan fingerprint density at radius 1 is 0.397 bits per heavy atom. The summed E-state index contributed by atoms with van der Waals surface area (Å²) in [6.45, 7) is 15.1. The number of thioether (sulfide) groups is 4. The zero-order valence-electron chi connectivity index (χ0n) is 67.9. The third kappa shape index (κ3) is 21.6. The molecule has 116 heavy (non-hydrogen) atoms. The van der Waals surface area contributed by atoms with E-state index in [1.165, 1.54) is 41.1 Å². The Balaban J connectivity index is 0.000000189. The highest BCUT2D eigenvalue weighted by atomic mass is 32.2. The van der Waals surface area contributed by atoms with Gasteiger partial charge >= 0.3 is 35.8 Å². The summed E-state index contributed by atoms with van der Waals surface area (Å²) in [4.78, 5) is 107. The number of carboxylic acid groups (broad SMARTS) is 1. The predicted molar refractivity (Wildman–Crippen MR) is 475 cm³/mol. The second-order valence-electron chi connectivity index (χ2n) is 26.8. The number of aryl methyl sites for hydroxylation is 7. The first-order valence-electron chi connectivity index (χ1n) is 36.4. The third-order valence-corrected chi connectivity index (χ3v) is 23.1. The lowest BCUT2D eigenvalue weighted by molar-refractivity contribution is 0.0591. The lowest BCUT2D eigenvalue weighted by atomic mass is 9.90. The molecule has 1 aliphatic rings. The quantitative estimate of drug-likeness (QED) is 0.0175. The molecule has 1 aliphatic heterocycles. The number of aromatic nitrogens is 6.